The van der Waals surface area contributed by atoms with Gasteiger partial charge in [-0.15, -0.1) is 0 Å². The van der Waals surface area contributed by atoms with E-state index in [0.717, 1.165) is 31.2 Å². The van der Waals surface area contributed by atoms with E-state index in [9.17, 15) is 19.4 Å². The topological polar surface area (TPSA) is 109 Å². The third kappa shape index (κ3) is 6.77. The lowest BCUT2D eigenvalue weighted by molar-refractivity contribution is -0.145. The van der Waals surface area contributed by atoms with E-state index in [1.165, 1.54) is 14.2 Å². The summed E-state index contributed by atoms with van der Waals surface area (Å²) in [5.41, 5.74) is 0.0586. The molecule has 10 heteroatoms. The van der Waals surface area contributed by atoms with Crippen LogP contribution in [0.4, 0.5) is 0 Å². The summed E-state index contributed by atoms with van der Waals surface area (Å²) in [6.07, 6.45) is 5.11. The summed E-state index contributed by atoms with van der Waals surface area (Å²) in [6.45, 7) is 5.68. The van der Waals surface area contributed by atoms with Crippen LogP contribution in [-0.2, 0) is 28.6 Å². The van der Waals surface area contributed by atoms with Crippen LogP contribution in [0.1, 0.15) is 64.4 Å². The highest BCUT2D eigenvalue weighted by atomic mass is 31.2. The number of carbonyl (C=O) groups excluding carboxylic acids is 2. The van der Waals surface area contributed by atoms with E-state index in [1.807, 2.05) is 34.1 Å². The Hall–Kier alpha value is -2.40. The number of carbonyl (C=O) groups is 2. The SMILES string of the molecule is CCCC1C(C(=O)N2CCC(C#N)(c3ccccc3OCCCP(=O)(OC)OC)CC2)CCCN1C(C)=O. The molecular formula is C28H42N3O6P. The molecular weight excluding hydrogens is 505 g/mol. The molecule has 2 fully saturated rings. The number of hydrogen-bond donors (Lipinski definition) is 0. The Balaban J connectivity index is 1.68. The van der Waals surface area contributed by atoms with Crippen LogP contribution in [0.15, 0.2) is 24.3 Å². The second-order valence-corrected chi connectivity index (χ2v) is 12.6. The van der Waals surface area contributed by atoms with Crippen LogP contribution in [0.5, 0.6) is 5.75 Å². The molecule has 2 atom stereocenters. The van der Waals surface area contributed by atoms with Crippen LogP contribution >= 0.6 is 7.60 Å². The van der Waals surface area contributed by atoms with Crippen molar-refractivity contribution in [3.05, 3.63) is 29.8 Å². The van der Waals surface area contributed by atoms with Gasteiger partial charge in [0.2, 0.25) is 11.8 Å². The van der Waals surface area contributed by atoms with E-state index < -0.39 is 13.0 Å². The van der Waals surface area contributed by atoms with Gasteiger partial charge in [0.05, 0.1) is 30.2 Å². The monoisotopic (exact) mass is 547 g/mol. The number of rotatable bonds is 11. The first-order valence-electron chi connectivity index (χ1n) is 13.6. The van der Waals surface area contributed by atoms with E-state index in [2.05, 4.69) is 13.0 Å². The summed E-state index contributed by atoms with van der Waals surface area (Å²) in [5, 5.41) is 10.3. The van der Waals surface area contributed by atoms with Gasteiger partial charge in [0.25, 0.3) is 0 Å². The second kappa shape index (κ2) is 13.6. The van der Waals surface area contributed by atoms with Crippen molar-refractivity contribution in [2.75, 3.05) is 46.6 Å². The average molecular weight is 548 g/mol. The molecule has 210 valence electrons. The predicted octanol–water partition coefficient (Wildman–Crippen LogP) is 4.75. The third-order valence-electron chi connectivity index (χ3n) is 8.02. The molecule has 9 nitrogen and oxygen atoms in total. The summed E-state index contributed by atoms with van der Waals surface area (Å²) in [4.78, 5) is 29.7. The minimum absolute atomic E-state index is 0.0342. The number of likely N-dealkylation sites (tertiary alicyclic amines) is 2. The van der Waals surface area contributed by atoms with Crippen molar-refractivity contribution in [1.29, 1.82) is 5.26 Å². The van der Waals surface area contributed by atoms with E-state index in [-0.39, 0.29) is 29.9 Å². The van der Waals surface area contributed by atoms with Crippen molar-refractivity contribution >= 4 is 19.4 Å². The first-order valence-corrected chi connectivity index (χ1v) is 15.4. The van der Waals surface area contributed by atoms with Crippen LogP contribution in [0.25, 0.3) is 0 Å². The largest absolute Gasteiger partial charge is 0.493 e. The van der Waals surface area contributed by atoms with Crippen LogP contribution in [0.2, 0.25) is 0 Å². The molecule has 2 heterocycles. The molecule has 0 saturated carbocycles. The number of amides is 2. The van der Waals surface area contributed by atoms with E-state index >= 15 is 0 Å². The Morgan fingerprint density at radius 3 is 2.45 bits per heavy atom. The van der Waals surface area contributed by atoms with Crippen molar-refractivity contribution in [2.24, 2.45) is 5.92 Å². The van der Waals surface area contributed by atoms with Gasteiger partial charge in [-0.05, 0) is 44.6 Å². The molecule has 0 radical (unpaired) electrons. The van der Waals surface area contributed by atoms with E-state index in [4.69, 9.17) is 13.8 Å². The summed E-state index contributed by atoms with van der Waals surface area (Å²) in [7, 11) is -0.365. The number of ether oxygens (including phenoxy) is 1. The third-order valence-corrected chi connectivity index (χ3v) is 10.00. The molecule has 2 saturated heterocycles. The molecule has 2 aliphatic heterocycles. The van der Waals surface area contributed by atoms with Gasteiger partial charge in [-0.1, -0.05) is 31.5 Å². The number of nitrogens with zero attached hydrogens (tertiary/aromatic N) is 3. The maximum atomic E-state index is 13.7. The minimum Gasteiger partial charge on any atom is -0.493 e. The molecule has 1 aromatic rings. The predicted molar refractivity (Wildman–Crippen MR) is 145 cm³/mol. The molecule has 0 bridgehead atoms. The van der Waals surface area contributed by atoms with Crippen LogP contribution in [-0.4, -0.2) is 74.3 Å². The zero-order valence-corrected chi connectivity index (χ0v) is 24.1. The Kier molecular flexibility index (Phi) is 10.8. The van der Waals surface area contributed by atoms with E-state index in [1.54, 1.807) is 6.92 Å². The van der Waals surface area contributed by atoms with Gasteiger partial charge in [-0.3, -0.25) is 14.2 Å². The van der Waals surface area contributed by atoms with Crippen LogP contribution < -0.4 is 4.74 Å². The van der Waals surface area contributed by atoms with Crippen molar-refractivity contribution in [3.63, 3.8) is 0 Å². The van der Waals surface area contributed by atoms with Gasteiger partial charge in [0, 0.05) is 52.4 Å². The minimum atomic E-state index is -3.10. The molecule has 2 amide bonds. The number of piperidine rings is 2. The highest BCUT2D eigenvalue weighted by Gasteiger charge is 2.43. The first-order chi connectivity index (χ1) is 18.2. The standard InChI is InChI=1S/C28H42N3O6P/c1-5-10-25-23(11-8-16-31(25)22(2)32)27(33)30-17-14-28(21-29,15-18-30)24-12-6-7-13-26(24)37-19-9-20-38(34,35-3)36-4/h6-7,12-13,23,25H,5,8-11,14-20H2,1-4H3. The van der Waals surface area contributed by atoms with Crippen molar-refractivity contribution in [2.45, 2.75) is 70.3 Å². The molecule has 0 N–H and O–H groups in total. The lowest BCUT2D eigenvalue weighted by Crippen LogP contribution is -2.55. The molecule has 0 spiro atoms. The zero-order chi connectivity index (χ0) is 27.8. The Morgan fingerprint density at radius 1 is 1.16 bits per heavy atom. The van der Waals surface area contributed by atoms with Crippen LogP contribution in [0.3, 0.4) is 0 Å². The number of benzene rings is 1. The molecule has 2 unspecified atom stereocenters. The number of hydrogen-bond acceptors (Lipinski definition) is 7. The maximum Gasteiger partial charge on any atom is 0.330 e. The fourth-order valence-corrected chi connectivity index (χ4v) is 6.89. The van der Waals surface area contributed by atoms with Gasteiger partial charge in [-0.2, -0.15) is 5.26 Å². The summed E-state index contributed by atoms with van der Waals surface area (Å²) >= 11 is 0. The summed E-state index contributed by atoms with van der Waals surface area (Å²) < 4.78 is 28.3. The number of nitriles is 1. The summed E-state index contributed by atoms with van der Waals surface area (Å²) in [6, 6.07) is 10.0. The molecule has 38 heavy (non-hydrogen) atoms. The van der Waals surface area contributed by atoms with Gasteiger partial charge in [0.15, 0.2) is 0 Å². The Bertz CT molecular complexity index is 1040. The zero-order valence-electron chi connectivity index (χ0n) is 23.2. The van der Waals surface area contributed by atoms with E-state index in [0.29, 0.717) is 51.3 Å². The highest BCUT2D eigenvalue weighted by molar-refractivity contribution is 7.53. The molecule has 0 aromatic heterocycles. The second-order valence-electron chi connectivity index (χ2n) is 10.2. The molecule has 2 aliphatic rings. The van der Waals surface area contributed by atoms with Crippen molar-refractivity contribution < 1.29 is 27.9 Å². The van der Waals surface area contributed by atoms with Crippen molar-refractivity contribution in [1.82, 2.24) is 9.80 Å². The fraction of sp³-hybridized carbons (Fsp3) is 0.679. The normalized spacial score (nSPS) is 21.6. The quantitative estimate of drug-likeness (QED) is 0.290. The summed E-state index contributed by atoms with van der Waals surface area (Å²) in [5.74, 6) is 0.581. The first kappa shape index (κ1) is 30.1. The average Bonchev–Trinajstić information content (AvgIpc) is 2.95. The number of para-hydroxylation sites is 1. The van der Waals surface area contributed by atoms with Crippen molar-refractivity contribution in [3.8, 4) is 11.8 Å². The Labute approximate surface area is 226 Å². The smallest absolute Gasteiger partial charge is 0.330 e. The molecule has 3 rings (SSSR count). The van der Waals surface area contributed by atoms with Gasteiger partial charge in [0.1, 0.15) is 5.75 Å². The maximum absolute atomic E-state index is 13.7. The lowest BCUT2D eigenvalue weighted by atomic mass is 9.73. The Morgan fingerprint density at radius 2 is 1.84 bits per heavy atom. The lowest BCUT2D eigenvalue weighted by Gasteiger charge is -2.44. The fourth-order valence-electron chi connectivity index (χ4n) is 5.86. The molecule has 1 aromatic carbocycles. The highest BCUT2D eigenvalue weighted by Crippen LogP contribution is 2.47. The van der Waals surface area contributed by atoms with Gasteiger partial charge >= 0.3 is 7.60 Å². The van der Waals surface area contributed by atoms with Crippen LogP contribution in [0, 0.1) is 17.2 Å². The van der Waals surface area contributed by atoms with Gasteiger partial charge in [-0.25, -0.2) is 0 Å². The van der Waals surface area contributed by atoms with Gasteiger partial charge < -0.3 is 23.6 Å². The molecule has 0 aliphatic carbocycles.